The van der Waals surface area contributed by atoms with E-state index < -0.39 is 28.0 Å². The highest BCUT2D eigenvalue weighted by Gasteiger charge is 2.38. The van der Waals surface area contributed by atoms with Crippen LogP contribution in [0.25, 0.3) is 0 Å². The van der Waals surface area contributed by atoms with Gasteiger partial charge in [0.1, 0.15) is 5.75 Å². The predicted octanol–water partition coefficient (Wildman–Crippen LogP) is 0.850. The minimum Gasteiger partial charge on any atom is -0.494 e. The topological polar surface area (TPSA) is 104 Å². The number of rotatable bonds is 5. The van der Waals surface area contributed by atoms with Gasteiger partial charge in [-0.25, -0.2) is 8.42 Å². The Bertz CT molecular complexity index is 687. The number of carbonyl (C=O) groups is 1. The molecule has 2 atom stereocenters. The normalized spacial score (nSPS) is 22.7. The quantitative estimate of drug-likeness (QED) is 0.821. The average Bonchev–Trinajstić information content (AvgIpc) is 2.49. The van der Waals surface area contributed by atoms with Crippen LogP contribution in [0.15, 0.2) is 23.1 Å². The van der Waals surface area contributed by atoms with Gasteiger partial charge in [0.2, 0.25) is 10.0 Å². The van der Waals surface area contributed by atoms with Crippen LogP contribution in [0.5, 0.6) is 5.75 Å². The van der Waals surface area contributed by atoms with Crippen LogP contribution in [0.2, 0.25) is 0 Å². The summed E-state index contributed by atoms with van der Waals surface area (Å²) >= 11 is 0. The molecule has 2 unspecified atom stereocenters. The Morgan fingerprint density at radius 1 is 1.43 bits per heavy atom. The lowest BCUT2D eigenvalue weighted by Gasteiger charge is -2.33. The number of aliphatic hydroxyl groups is 1. The number of carboxylic acids is 1. The SMILES string of the molecule is CCOc1ccc(S(=O)(=O)N2CCC(O)C(C(=O)O)C2)cc1C. The summed E-state index contributed by atoms with van der Waals surface area (Å²) in [6.07, 6.45) is -0.923. The number of piperidine rings is 1. The molecule has 2 N–H and O–H groups in total. The Balaban J connectivity index is 2.28. The van der Waals surface area contributed by atoms with Crippen molar-refractivity contribution in [1.82, 2.24) is 4.31 Å². The molecule has 1 heterocycles. The lowest BCUT2D eigenvalue weighted by atomic mass is 9.96. The van der Waals surface area contributed by atoms with Crippen LogP contribution in [-0.4, -0.2) is 54.7 Å². The summed E-state index contributed by atoms with van der Waals surface area (Å²) in [5, 5.41) is 18.8. The first-order valence-electron chi connectivity index (χ1n) is 7.41. The maximum Gasteiger partial charge on any atom is 0.310 e. The monoisotopic (exact) mass is 343 g/mol. The minimum atomic E-state index is -3.80. The fourth-order valence-electron chi connectivity index (χ4n) is 2.62. The van der Waals surface area contributed by atoms with E-state index in [2.05, 4.69) is 0 Å². The molecule has 1 aliphatic rings. The number of aryl methyl sites for hydroxylation is 1. The summed E-state index contributed by atoms with van der Waals surface area (Å²) in [5.74, 6) is -1.69. The number of benzene rings is 1. The Hall–Kier alpha value is -1.64. The molecule has 1 saturated heterocycles. The first-order chi connectivity index (χ1) is 10.8. The molecule has 1 aliphatic heterocycles. The summed E-state index contributed by atoms with van der Waals surface area (Å²) in [4.78, 5) is 11.2. The van der Waals surface area contributed by atoms with Gasteiger partial charge < -0.3 is 14.9 Å². The van der Waals surface area contributed by atoms with Gasteiger partial charge in [0.05, 0.1) is 23.5 Å². The van der Waals surface area contributed by atoms with Crippen LogP contribution >= 0.6 is 0 Å². The van der Waals surface area contributed by atoms with E-state index in [9.17, 15) is 18.3 Å². The van der Waals surface area contributed by atoms with E-state index in [1.165, 1.54) is 12.1 Å². The number of carboxylic acid groups (broad SMARTS) is 1. The van der Waals surface area contributed by atoms with Gasteiger partial charge in [0.25, 0.3) is 0 Å². The molecule has 0 bridgehead atoms. The molecule has 23 heavy (non-hydrogen) atoms. The van der Waals surface area contributed by atoms with Crippen LogP contribution in [0, 0.1) is 12.8 Å². The van der Waals surface area contributed by atoms with E-state index in [1.54, 1.807) is 13.0 Å². The number of ether oxygens (including phenoxy) is 1. The van der Waals surface area contributed by atoms with E-state index in [0.717, 1.165) is 4.31 Å². The lowest BCUT2D eigenvalue weighted by Crippen LogP contribution is -2.48. The molecule has 0 aliphatic carbocycles. The Morgan fingerprint density at radius 3 is 2.70 bits per heavy atom. The molecule has 1 aromatic rings. The Morgan fingerprint density at radius 2 is 2.13 bits per heavy atom. The second-order valence-electron chi connectivity index (χ2n) is 5.52. The molecule has 1 aromatic carbocycles. The van der Waals surface area contributed by atoms with Gasteiger partial charge in [-0.1, -0.05) is 0 Å². The highest BCUT2D eigenvalue weighted by molar-refractivity contribution is 7.89. The smallest absolute Gasteiger partial charge is 0.310 e. The van der Waals surface area contributed by atoms with Crippen molar-refractivity contribution in [3.8, 4) is 5.75 Å². The number of hydrogen-bond donors (Lipinski definition) is 2. The average molecular weight is 343 g/mol. The number of hydrogen-bond acceptors (Lipinski definition) is 5. The lowest BCUT2D eigenvalue weighted by molar-refractivity contribution is -0.147. The molecule has 128 valence electrons. The van der Waals surface area contributed by atoms with Gasteiger partial charge in [-0.2, -0.15) is 4.31 Å². The van der Waals surface area contributed by atoms with Crippen molar-refractivity contribution >= 4 is 16.0 Å². The van der Waals surface area contributed by atoms with Gasteiger partial charge >= 0.3 is 5.97 Å². The van der Waals surface area contributed by atoms with Crippen LogP contribution in [0.3, 0.4) is 0 Å². The van der Waals surface area contributed by atoms with E-state index in [-0.39, 0.29) is 24.4 Å². The second-order valence-corrected chi connectivity index (χ2v) is 7.46. The van der Waals surface area contributed by atoms with Crippen molar-refractivity contribution in [3.63, 3.8) is 0 Å². The van der Waals surface area contributed by atoms with Crippen molar-refractivity contribution in [2.75, 3.05) is 19.7 Å². The molecule has 0 radical (unpaired) electrons. The number of aliphatic hydroxyl groups excluding tert-OH is 1. The third-order valence-electron chi connectivity index (χ3n) is 3.94. The van der Waals surface area contributed by atoms with Gasteiger partial charge in [-0.05, 0) is 44.0 Å². The van der Waals surface area contributed by atoms with E-state index in [1.807, 2.05) is 6.92 Å². The van der Waals surface area contributed by atoms with Crippen LogP contribution in [0.4, 0.5) is 0 Å². The van der Waals surface area contributed by atoms with Crippen LogP contribution in [0.1, 0.15) is 18.9 Å². The molecule has 8 heteroatoms. The van der Waals surface area contributed by atoms with Crippen LogP contribution in [-0.2, 0) is 14.8 Å². The predicted molar refractivity (Wildman–Crippen MR) is 82.9 cm³/mol. The summed E-state index contributed by atoms with van der Waals surface area (Å²) in [5.41, 5.74) is 0.694. The van der Waals surface area contributed by atoms with Gasteiger partial charge in [0, 0.05) is 13.1 Å². The van der Waals surface area contributed by atoms with Crippen molar-refractivity contribution < 1.29 is 28.2 Å². The molecule has 0 aromatic heterocycles. The third kappa shape index (κ3) is 3.65. The summed E-state index contributed by atoms with van der Waals surface area (Å²) in [7, 11) is -3.80. The van der Waals surface area contributed by atoms with E-state index in [0.29, 0.717) is 17.9 Å². The largest absolute Gasteiger partial charge is 0.494 e. The summed E-state index contributed by atoms with van der Waals surface area (Å²) < 4.78 is 31.9. The molecule has 0 saturated carbocycles. The first-order valence-corrected chi connectivity index (χ1v) is 8.85. The fourth-order valence-corrected chi connectivity index (χ4v) is 4.19. The third-order valence-corrected chi connectivity index (χ3v) is 5.80. The molecule has 0 spiro atoms. The number of nitrogens with zero attached hydrogens (tertiary/aromatic N) is 1. The summed E-state index contributed by atoms with van der Waals surface area (Å²) in [6.45, 7) is 3.95. The van der Waals surface area contributed by atoms with Crippen molar-refractivity contribution in [3.05, 3.63) is 23.8 Å². The van der Waals surface area contributed by atoms with Gasteiger partial charge in [-0.3, -0.25) is 4.79 Å². The molecule has 1 fully saturated rings. The second kappa shape index (κ2) is 6.86. The van der Waals surface area contributed by atoms with Crippen molar-refractivity contribution in [1.29, 1.82) is 0 Å². The Kier molecular flexibility index (Phi) is 5.28. The molecule has 0 amide bonds. The fraction of sp³-hybridized carbons (Fsp3) is 0.533. The van der Waals surface area contributed by atoms with E-state index >= 15 is 0 Å². The highest BCUT2D eigenvalue weighted by Crippen LogP contribution is 2.27. The molecular formula is C15H21NO6S. The van der Waals surface area contributed by atoms with Crippen molar-refractivity contribution in [2.24, 2.45) is 5.92 Å². The molecule has 2 rings (SSSR count). The standard InChI is InChI=1S/C15H21NO6S/c1-3-22-14-5-4-11(8-10(14)2)23(20,21)16-7-6-13(17)12(9-16)15(18)19/h4-5,8,12-13,17H,3,6-7,9H2,1-2H3,(H,18,19). The van der Waals surface area contributed by atoms with Crippen molar-refractivity contribution in [2.45, 2.75) is 31.3 Å². The number of aliphatic carboxylic acids is 1. The van der Waals surface area contributed by atoms with Crippen LogP contribution < -0.4 is 4.74 Å². The zero-order chi connectivity index (χ0) is 17.2. The Labute approximate surface area is 135 Å². The maximum absolute atomic E-state index is 12.7. The zero-order valence-corrected chi connectivity index (χ0v) is 13.9. The van der Waals surface area contributed by atoms with Gasteiger partial charge in [-0.15, -0.1) is 0 Å². The highest BCUT2D eigenvalue weighted by atomic mass is 32.2. The summed E-state index contributed by atoms with van der Waals surface area (Å²) in [6, 6.07) is 4.56. The molecular weight excluding hydrogens is 322 g/mol. The first kappa shape index (κ1) is 17.7. The number of sulfonamides is 1. The van der Waals surface area contributed by atoms with E-state index in [4.69, 9.17) is 9.84 Å². The minimum absolute atomic E-state index is 0.0963. The molecule has 7 nitrogen and oxygen atoms in total. The zero-order valence-electron chi connectivity index (χ0n) is 13.1. The van der Waals surface area contributed by atoms with Gasteiger partial charge in [0.15, 0.2) is 0 Å². The maximum atomic E-state index is 12.7.